The van der Waals surface area contributed by atoms with Gasteiger partial charge in [0.1, 0.15) is 0 Å². The molecule has 15 heavy (non-hydrogen) atoms. The van der Waals surface area contributed by atoms with Crippen LogP contribution < -0.4 is 5.32 Å². The Morgan fingerprint density at radius 1 is 1.27 bits per heavy atom. The van der Waals surface area contributed by atoms with Crippen molar-refractivity contribution >= 4 is 17.3 Å². The van der Waals surface area contributed by atoms with Crippen molar-refractivity contribution < 1.29 is 0 Å². The van der Waals surface area contributed by atoms with Crippen LogP contribution in [0.15, 0.2) is 0 Å². The van der Waals surface area contributed by atoms with Gasteiger partial charge in [0.15, 0.2) is 5.11 Å². The highest BCUT2D eigenvalue weighted by Crippen LogP contribution is 2.08. The largest absolute Gasteiger partial charge is 0.363 e. The fourth-order valence-electron chi connectivity index (χ4n) is 1.80. The first-order valence-electron chi connectivity index (χ1n) is 5.87. The maximum atomic E-state index is 5.35. The van der Waals surface area contributed by atoms with Gasteiger partial charge in [-0.25, -0.2) is 0 Å². The molecule has 1 aliphatic heterocycles. The smallest absolute Gasteiger partial charge is 0.168 e. The molecule has 1 N–H and O–H groups in total. The van der Waals surface area contributed by atoms with Crippen molar-refractivity contribution in [3.05, 3.63) is 0 Å². The molecule has 0 atom stereocenters. The monoisotopic (exact) mass is 229 g/mol. The molecule has 1 aliphatic rings. The van der Waals surface area contributed by atoms with Gasteiger partial charge < -0.3 is 15.1 Å². The molecule has 0 radical (unpaired) electrons. The average molecular weight is 229 g/mol. The van der Waals surface area contributed by atoms with Gasteiger partial charge in [0.25, 0.3) is 0 Å². The van der Waals surface area contributed by atoms with Crippen molar-refractivity contribution in [2.75, 3.05) is 40.3 Å². The van der Waals surface area contributed by atoms with Gasteiger partial charge in [-0.2, -0.15) is 0 Å². The Labute approximate surface area is 98.8 Å². The molecule has 3 nitrogen and oxygen atoms in total. The summed E-state index contributed by atoms with van der Waals surface area (Å²) in [6.45, 7) is 4.39. The molecular weight excluding hydrogens is 206 g/mol. The van der Waals surface area contributed by atoms with Crippen molar-refractivity contribution in [1.29, 1.82) is 0 Å². The van der Waals surface area contributed by atoms with Gasteiger partial charge >= 0.3 is 0 Å². The van der Waals surface area contributed by atoms with Gasteiger partial charge in [-0.3, -0.25) is 0 Å². The first-order valence-corrected chi connectivity index (χ1v) is 6.28. The molecule has 0 unspecified atom stereocenters. The van der Waals surface area contributed by atoms with Crippen LogP contribution in [0.3, 0.4) is 0 Å². The Balaban J connectivity index is 2.07. The topological polar surface area (TPSA) is 18.5 Å². The molecule has 1 saturated heterocycles. The van der Waals surface area contributed by atoms with Crippen molar-refractivity contribution in [2.24, 2.45) is 0 Å². The lowest BCUT2D eigenvalue weighted by Gasteiger charge is -2.29. The lowest BCUT2D eigenvalue weighted by Crippen LogP contribution is -2.43. The minimum Gasteiger partial charge on any atom is -0.363 e. The lowest BCUT2D eigenvalue weighted by atomic mass is 10.1. The Bertz CT molecular complexity index is 188. The third-order valence-corrected chi connectivity index (χ3v) is 3.10. The normalized spacial score (nSPS) is 16.9. The summed E-state index contributed by atoms with van der Waals surface area (Å²) in [5.41, 5.74) is 0. The molecule has 0 spiro atoms. The summed E-state index contributed by atoms with van der Waals surface area (Å²) in [4.78, 5) is 4.50. The SMILES string of the molecule is CN(C)CCCNC(=S)N1CCCCC1. The van der Waals surface area contributed by atoms with Crippen molar-refractivity contribution in [1.82, 2.24) is 15.1 Å². The van der Waals surface area contributed by atoms with Crippen LogP contribution in [0.25, 0.3) is 0 Å². The van der Waals surface area contributed by atoms with Crippen LogP contribution in [0.5, 0.6) is 0 Å². The van der Waals surface area contributed by atoms with Gasteiger partial charge in [-0.05, 0) is 58.5 Å². The second-order valence-electron chi connectivity index (χ2n) is 4.44. The number of hydrogen-bond acceptors (Lipinski definition) is 2. The first-order chi connectivity index (χ1) is 7.20. The van der Waals surface area contributed by atoms with Gasteiger partial charge in [0, 0.05) is 19.6 Å². The molecule has 0 aromatic carbocycles. The molecule has 1 rings (SSSR count). The average Bonchev–Trinajstić information content (AvgIpc) is 2.25. The van der Waals surface area contributed by atoms with E-state index < -0.39 is 0 Å². The highest BCUT2D eigenvalue weighted by Gasteiger charge is 2.12. The predicted octanol–water partition coefficient (Wildman–Crippen LogP) is 1.30. The maximum Gasteiger partial charge on any atom is 0.168 e. The van der Waals surface area contributed by atoms with Crippen LogP contribution in [-0.4, -0.2) is 55.2 Å². The third-order valence-electron chi connectivity index (χ3n) is 2.70. The van der Waals surface area contributed by atoms with E-state index in [1.807, 2.05) is 0 Å². The summed E-state index contributed by atoms with van der Waals surface area (Å²) in [6, 6.07) is 0. The molecule has 0 amide bonds. The number of hydrogen-bond donors (Lipinski definition) is 1. The summed E-state index contributed by atoms with van der Waals surface area (Å²) in [5, 5.41) is 4.29. The summed E-state index contributed by atoms with van der Waals surface area (Å²) in [6.07, 6.45) is 5.10. The molecule has 88 valence electrons. The van der Waals surface area contributed by atoms with Gasteiger partial charge in [0.2, 0.25) is 0 Å². The number of piperidine rings is 1. The Kier molecular flexibility index (Phi) is 5.95. The lowest BCUT2D eigenvalue weighted by molar-refractivity contribution is 0.336. The second-order valence-corrected chi connectivity index (χ2v) is 4.82. The zero-order valence-electron chi connectivity index (χ0n) is 9.96. The summed E-state index contributed by atoms with van der Waals surface area (Å²) in [7, 11) is 4.20. The number of rotatable bonds is 4. The number of nitrogens with zero attached hydrogens (tertiary/aromatic N) is 2. The van der Waals surface area contributed by atoms with Gasteiger partial charge in [-0.15, -0.1) is 0 Å². The highest BCUT2D eigenvalue weighted by atomic mass is 32.1. The fraction of sp³-hybridized carbons (Fsp3) is 0.909. The quantitative estimate of drug-likeness (QED) is 0.578. The maximum absolute atomic E-state index is 5.35. The fourth-order valence-corrected chi connectivity index (χ4v) is 2.08. The molecule has 0 aromatic rings. The van der Waals surface area contributed by atoms with E-state index in [1.165, 1.54) is 19.3 Å². The van der Waals surface area contributed by atoms with E-state index in [9.17, 15) is 0 Å². The Morgan fingerprint density at radius 2 is 1.93 bits per heavy atom. The number of likely N-dealkylation sites (tertiary alicyclic amines) is 1. The van der Waals surface area contributed by atoms with Crippen LogP contribution in [0, 0.1) is 0 Å². The van der Waals surface area contributed by atoms with E-state index in [4.69, 9.17) is 12.2 Å². The van der Waals surface area contributed by atoms with Crippen LogP contribution in [0.4, 0.5) is 0 Å². The molecule has 4 heteroatoms. The predicted molar refractivity (Wildman–Crippen MR) is 69.2 cm³/mol. The molecular formula is C11H23N3S. The van der Waals surface area contributed by atoms with E-state index in [1.54, 1.807) is 0 Å². The van der Waals surface area contributed by atoms with E-state index in [2.05, 4.69) is 29.2 Å². The summed E-state index contributed by atoms with van der Waals surface area (Å²) in [5.74, 6) is 0. The summed E-state index contributed by atoms with van der Waals surface area (Å²) < 4.78 is 0. The molecule has 1 fully saturated rings. The van der Waals surface area contributed by atoms with Gasteiger partial charge in [-0.1, -0.05) is 0 Å². The van der Waals surface area contributed by atoms with Crippen LogP contribution in [-0.2, 0) is 0 Å². The Morgan fingerprint density at radius 3 is 2.53 bits per heavy atom. The van der Waals surface area contributed by atoms with Crippen molar-refractivity contribution in [2.45, 2.75) is 25.7 Å². The van der Waals surface area contributed by atoms with E-state index >= 15 is 0 Å². The van der Waals surface area contributed by atoms with E-state index in [0.29, 0.717) is 0 Å². The summed E-state index contributed by atoms with van der Waals surface area (Å²) >= 11 is 5.35. The van der Waals surface area contributed by atoms with Crippen LogP contribution in [0.1, 0.15) is 25.7 Å². The van der Waals surface area contributed by atoms with Gasteiger partial charge in [0.05, 0.1) is 0 Å². The van der Waals surface area contributed by atoms with Crippen molar-refractivity contribution in [3.8, 4) is 0 Å². The van der Waals surface area contributed by atoms with Crippen LogP contribution >= 0.6 is 12.2 Å². The standard InChI is InChI=1S/C11H23N3S/c1-13(2)8-6-7-12-11(15)14-9-4-3-5-10-14/h3-10H2,1-2H3,(H,12,15). The molecule has 0 saturated carbocycles. The molecule has 0 bridgehead atoms. The van der Waals surface area contributed by atoms with Crippen LogP contribution in [0.2, 0.25) is 0 Å². The van der Waals surface area contributed by atoms with Crippen molar-refractivity contribution in [3.63, 3.8) is 0 Å². The van der Waals surface area contributed by atoms with E-state index in [-0.39, 0.29) is 0 Å². The highest BCUT2D eigenvalue weighted by molar-refractivity contribution is 7.80. The second kappa shape index (κ2) is 7.01. The minimum absolute atomic E-state index is 0.952. The molecule has 0 aliphatic carbocycles. The molecule has 1 heterocycles. The number of thiocarbonyl (C=S) groups is 1. The third kappa shape index (κ3) is 5.33. The molecule has 0 aromatic heterocycles. The first kappa shape index (κ1) is 12.7. The van der Waals surface area contributed by atoms with E-state index in [0.717, 1.165) is 37.7 Å². The number of nitrogens with one attached hydrogen (secondary N) is 1. The Hall–Kier alpha value is -0.350. The zero-order valence-corrected chi connectivity index (χ0v) is 10.8. The zero-order chi connectivity index (χ0) is 11.1. The minimum atomic E-state index is 0.952.